The first kappa shape index (κ1) is 7.57. The summed E-state index contributed by atoms with van der Waals surface area (Å²) in [6, 6.07) is 9.80. The molecule has 1 heterocycles. The predicted molar refractivity (Wildman–Crippen MR) is 48.8 cm³/mol. The van der Waals surface area contributed by atoms with Gasteiger partial charge in [-0.15, -0.1) is 0 Å². The maximum atomic E-state index is 4.89. The molecule has 1 aromatic carbocycles. The number of para-hydroxylation sites is 1. The number of rotatable bonds is 1. The Morgan fingerprint density at radius 2 is 2.08 bits per heavy atom. The fourth-order valence-corrected chi connectivity index (χ4v) is 1.51. The van der Waals surface area contributed by atoms with Crippen LogP contribution in [-0.4, -0.2) is 9.59 Å². The first-order valence-electron chi connectivity index (χ1n) is 3.39. The molecule has 2 rings (SSSR count). The van der Waals surface area contributed by atoms with Crippen LogP contribution in [0.3, 0.4) is 0 Å². The lowest BCUT2D eigenvalue weighted by atomic mass is 10.3. The Morgan fingerprint density at radius 1 is 1.33 bits per heavy atom. The predicted octanol–water partition coefficient (Wildman–Crippen LogP) is 1.48. The summed E-state index contributed by atoms with van der Waals surface area (Å²) in [6.07, 6.45) is 0. The summed E-state index contributed by atoms with van der Waals surface area (Å²) in [5, 5.41) is 4.08. The van der Waals surface area contributed by atoms with Gasteiger partial charge < -0.3 is 0 Å². The summed E-state index contributed by atoms with van der Waals surface area (Å²) in [6.45, 7) is 0. The van der Waals surface area contributed by atoms with Gasteiger partial charge in [-0.25, -0.2) is 0 Å². The van der Waals surface area contributed by atoms with E-state index in [0.29, 0.717) is 3.95 Å². The fourth-order valence-electron chi connectivity index (χ4n) is 0.884. The topological polar surface area (TPSA) is 32.6 Å². The van der Waals surface area contributed by atoms with E-state index < -0.39 is 0 Å². The maximum absolute atomic E-state index is 4.89. The van der Waals surface area contributed by atoms with E-state index in [2.05, 4.69) is 9.59 Å². The third kappa shape index (κ3) is 1.41. The van der Waals surface area contributed by atoms with Gasteiger partial charge in [-0.1, -0.05) is 22.7 Å². The summed E-state index contributed by atoms with van der Waals surface area (Å²) in [5.74, 6) is 0. The van der Waals surface area contributed by atoms with Gasteiger partial charge in [0.15, 0.2) is 0 Å². The Balaban J connectivity index is 2.51. The molecule has 60 valence electrons. The van der Waals surface area contributed by atoms with Gasteiger partial charge in [0.25, 0.3) is 9.64 Å². The van der Waals surface area contributed by atoms with Crippen LogP contribution >= 0.6 is 23.8 Å². The standard InChI is InChI=1S/C7H5N3S2/c11-7-8-10(9-12-7)6-4-2-1-3-5-6/h1-5H/p+1. The van der Waals surface area contributed by atoms with E-state index in [1.54, 1.807) is 4.80 Å². The quantitative estimate of drug-likeness (QED) is 0.553. The van der Waals surface area contributed by atoms with Gasteiger partial charge in [0.05, 0.1) is 5.10 Å². The summed E-state index contributed by atoms with van der Waals surface area (Å²) in [5.41, 5.74) is 0.991. The minimum Gasteiger partial charge on any atom is -0.0833 e. The van der Waals surface area contributed by atoms with Gasteiger partial charge in [0.1, 0.15) is 0 Å². The molecular formula is C7H6N3S2+. The van der Waals surface area contributed by atoms with Gasteiger partial charge in [0.2, 0.25) is 0 Å². The molecule has 0 fully saturated rings. The number of aromatic amines is 1. The molecule has 0 saturated heterocycles. The summed E-state index contributed by atoms with van der Waals surface area (Å²) >= 11 is 6.23. The van der Waals surface area contributed by atoms with Crippen LogP contribution in [-0.2, 0) is 0 Å². The molecule has 0 bridgehead atoms. The molecule has 0 saturated carbocycles. The number of H-pyrrole nitrogens is 1. The highest BCUT2D eigenvalue weighted by Gasteiger charge is 2.07. The second-order valence-electron chi connectivity index (χ2n) is 2.21. The van der Waals surface area contributed by atoms with Crippen molar-refractivity contribution in [2.45, 2.75) is 0 Å². The van der Waals surface area contributed by atoms with Crippen molar-refractivity contribution in [1.82, 2.24) is 9.59 Å². The van der Waals surface area contributed by atoms with Crippen LogP contribution in [0.5, 0.6) is 0 Å². The lowest BCUT2D eigenvalue weighted by Gasteiger charge is -1.83. The average Bonchev–Trinajstić information content (AvgIpc) is 2.54. The van der Waals surface area contributed by atoms with Gasteiger partial charge in [-0.3, -0.25) is 0 Å². The van der Waals surface area contributed by atoms with E-state index in [1.165, 1.54) is 11.5 Å². The molecule has 1 aromatic heterocycles. The van der Waals surface area contributed by atoms with Crippen LogP contribution in [0.1, 0.15) is 0 Å². The molecule has 12 heavy (non-hydrogen) atoms. The summed E-state index contributed by atoms with van der Waals surface area (Å²) < 4.78 is 3.57. The lowest BCUT2D eigenvalue weighted by Crippen LogP contribution is -2.35. The van der Waals surface area contributed by atoms with E-state index in [4.69, 9.17) is 12.2 Å². The van der Waals surface area contributed by atoms with Crippen LogP contribution < -0.4 is 4.80 Å². The number of nitrogens with one attached hydrogen (secondary N) is 1. The molecular weight excluding hydrogens is 190 g/mol. The van der Waals surface area contributed by atoms with Crippen molar-refractivity contribution < 1.29 is 4.80 Å². The van der Waals surface area contributed by atoms with Crippen molar-refractivity contribution in [2.75, 3.05) is 0 Å². The Kier molecular flexibility index (Phi) is 1.97. The SMILES string of the molecule is S=c1n[n+](-c2ccccc2)[nH]s1. The third-order valence-electron chi connectivity index (χ3n) is 1.40. The monoisotopic (exact) mass is 196 g/mol. The van der Waals surface area contributed by atoms with E-state index >= 15 is 0 Å². The zero-order chi connectivity index (χ0) is 8.39. The molecule has 0 unspecified atom stereocenters. The first-order chi connectivity index (χ1) is 5.86. The van der Waals surface area contributed by atoms with E-state index in [0.717, 1.165) is 5.69 Å². The second-order valence-corrected chi connectivity index (χ2v) is 3.63. The van der Waals surface area contributed by atoms with Crippen molar-refractivity contribution in [3.05, 3.63) is 34.3 Å². The van der Waals surface area contributed by atoms with Crippen molar-refractivity contribution in [3.63, 3.8) is 0 Å². The molecule has 0 aliphatic carbocycles. The van der Waals surface area contributed by atoms with Gasteiger partial charge in [-0.2, -0.15) is 0 Å². The second kappa shape index (κ2) is 3.12. The highest BCUT2D eigenvalue weighted by atomic mass is 32.2. The zero-order valence-electron chi connectivity index (χ0n) is 6.10. The highest BCUT2D eigenvalue weighted by molar-refractivity contribution is 7.73. The molecule has 0 radical (unpaired) electrons. The van der Waals surface area contributed by atoms with Crippen LogP contribution in [0, 0.1) is 3.95 Å². The number of aromatic nitrogens is 3. The summed E-state index contributed by atoms with van der Waals surface area (Å²) in [4.78, 5) is 1.66. The van der Waals surface area contributed by atoms with Crippen molar-refractivity contribution in [3.8, 4) is 5.69 Å². The Hall–Kier alpha value is -1.07. The van der Waals surface area contributed by atoms with Crippen molar-refractivity contribution in [2.24, 2.45) is 0 Å². The van der Waals surface area contributed by atoms with E-state index in [9.17, 15) is 0 Å². The lowest BCUT2D eigenvalue weighted by molar-refractivity contribution is -0.710. The fraction of sp³-hybridized carbons (Fsp3) is 0. The molecule has 0 spiro atoms. The number of hydrogen-bond acceptors (Lipinski definition) is 3. The van der Waals surface area contributed by atoms with Crippen LogP contribution in [0.15, 0.2) is 30.3 Å². The van der Waals surface area contributed by atoms with Crippen molar-refractivity contribution in [1.29, 1.82) is 0 Å². The Morgan fingerprint density at radius 3 is 2.67 bits per heavy atom. The van der Waals surface area contributed by atoms with E-state index in [1.807, 2.05) is 30.3 Å². The molecule has 2 aromatic rings. The number of nitrogens with zero attached hydrogens (tertiary/aromatic N) is 2. The van der Waals surface area contributed by atoms with Crippen LogP contribution in [0.4, 0.5) is 0 Å². The Bertz CT molecular complexity index is 417. The number of hydrogen-bond donors (Lipinski definition) is 1. The average molecular weight is 196 g/mol. The van der Waals surface area contributed by atoms with Crippen molar-refractivity contribution >= 4 is 23.8 Å². The molecule has 5 heteroatoms. The summed E-state index contributed by atoms with van der Waals surface area (Å²) in [7, 11) is 0. The van der Waals surface area contributed by atoms with Crippen LogP contribution in [0.25, 0.3) is 5.69 Å². The largest absolute Gasteiger partial charge is 0.271 e. The molecule has 3 nitrogen and oxygen atoms in total. The smallest absolute Gasteiger partial charge is 0.0833 e. The third-order valence-corrected chi connectivity index (χ3v) is 2.25. The molecule has 0 amide bonds. The molecule has 0 atom stereocenters. The van der Waals surface area contributed by atoms with Crippen LogP contribution in [0.2, 0.25) is 0 Å². The number of benzene rings is 1. The van der Waals surface area contributed by atoms with Gasteiger partial charge in [0, 0.05) is 28.5 Å². The molecule has 0 aliphatic rings. The normalized spacial score (nSPS) is 10.0. The molecule has 1 N–H and O–H groups in total. The van der Waals surface area contributed by atoms with E-state index in [-0.39, 0.29) is 0 Å². The Labute approximate surface area is 78.4 Å². The first-order valence-corrected chi connectivity index (χ1v) is 4.62. The van der Waals surface area contributed by atoms with Gasteiger partial charge >= 0.3 is 0 Å². The van der Waals surface area contributed by atoms with Gasteiger partial charge in [-0.05, 0) is 12.2 Å². The maximum Gasteiger partial charge on any atom is 0.271 e. The minimum atomic E-state index is 0.610. The highest BCUT2D eigenvalue weighted by Crippen LogP contribution is 1.96. The minimum absolute atomic E-state index is 0.610. The zero-order valence-corrected chi connectivity index (χ0v) is 7.73. The molecule has 0 aliphatic heterocycles.